The van der Waals surface area contributed by atoms with Gasteiger partial charge in [0.1, 0.15) is 11.5 Å². The van der Waals surface area contributed by atoms with Crippen LogP contribution in [0.3, 0.4) is 0 Å². The second-order valence-electron chi connectivity index (χ2n) is 6.04. The first kappa shape index (κ1) is 19.0. The number of para-hydroxylation sites is 1. The second kappa shape index (κ2) is 8.26. The van der Waals surface area contributed by atoms with E-state index >= 15 is 0 Å². The minimum absolute atomic E-state index is 0.122. The van der Waals surface area contributed by atoms with Crippen LogP contribution >= 0.6 is 0 Å². The summed E-state index contributed by atoms with van der Waals surface area (Å²) in [7, 11) is 0. The number of amides is 2. The molecule has 0 fully saturated rings. The number of benzene rings is 2. The van der Waals surface area contributed by atoms with E-state index in [-0.39, 0.29) is 23.2 Å². The van der Waals surface area contributed by atoms with Crippen molar-refractivity contribution in [1.82, 2.24) is 9.97 Å². The number of anilines is 4. The van der Waals surface area contributed by atoms with E-state index in [0.717, 1.165) is 0 Å². The number of rotatable bonds is 5. The molecule has 142 valence electrons. The highest BCUT2D eigenvalue weighted by Crippen LogP contribution is 2.18. The summed E-state index contributed by atoms with van der Waals surface area (Å²) in [5.74, 6) is -0.938. The summed E-state index contributed by atoms with van der Waals surface area (Å²) in [6.07, 6.45) is 0. The normalized spacial score (nSPS) is 10.2. The number of aryl methyl sites for hydroxylation is 1. The summed E-state index contributed by atoms with van der Waals surface area (Å²) in [5, 5.41) is 8.15. The molecule has 7 nitrogen and oxygen atoms in total. The van der Waals surface area contributed by atoms with Gasteiger partial charge in [-0.3, -0.25) is 9.59 Å². The van der Waals surface area contributed by atoms with Crippen LogP contribution in [-0.2, 0) is 4.79 Å². The summed E-state index contributed by atoms with van der Waals surface area (Å²) >= 11 is 0. The molecule has 3 N–H and O–H groups in total. The van der Waals surface area contributed by atoms with Crippen LogP contribution in [0.4, 0.5) is 27.4 Å². The van der Waals surface area contributed by atoms with Gasteiger partial charge in [-0.25, -0.2) is 14.4 Å². The maximum absolute atomic E-state index is 13.8. The smallest absolute Gasteiger partial charge is 0.274 e. The molecule has 8 heteroatoms. The first-order valence-electron chi connectivity index (χ1n) is 8.47. The summed E-state index contributed by atoms with van der Waals surface area (Å²) in [4.78, 5) is 31.9. The lowest BCUT2D eigenvalue weighted by molar-refractivity contribution is -0.114. The van der Waals surface area contributed by atoms with Crippen LogP contribution in [0.1, 0.15) is 23.1 Å². The quantitative estimate of drug-likeness (QED) is 0.625. The molecule has 0 aliphatic heterocycles. The highest BCUT2D eigenvalue weighted by Gasteiger charge is 2.12. The number of aromatic nitrogens is 2. The number of hydrogen-bond donors (Lipinski definition) is 3. The third kappa shape index (κ3) is 4.88. The molecule has 0 spiro atoms. The van der Waals surface area contributed by atoms with E-state index in [2.05, 4.69) is 25.9 Å². The van der Waals surface area contributed by atoms with Gasteiger partial charge in [-0.1, -0.05) is 12.1 Å². The molecule has 0 aliphatic rings. The summed E-state index contributed by atoms with van der Waals surface area (Å²) in [6.45, 7) is 3.13. The molecule has 2 aromatic carbocycles. The lowest BCUT2D eigenvalue weighted by atomic mass is 10.2. The molecular weight excluding hydrogens is 361 g/mol. The zero-order chi connectivity index (χ0) is 20.1. The fourth-order valence-electron chi connectivity index (χ4n) is 2.46. The van der Waals surface area contributed by atoms with Gasteiger partial charge in [0, 0.05) is 24.0 Å². The average molecular weight is 379 g/mol. The topological polar surface area (TPSA) is 96.0 Å². The molecule has 0 unspecified atom stereocenters. The van der Waals surface area contributed by atoms with Gasteiger partial charge in [0.05, 0.1) is 5.69 Å². The lowest BCUT2D eigenvalue weighted by Gasteiger charge is -2.10. The van der Waals surface area contributed by atoms with Crippen LogP contribution in [-0.4, -0.2) is 21.8 Å². The highest BCUT2D eigenvalue weighted by molar-refractivity contribution is 6.03. The number of halogens is 1. The number of nitrogens with zero attached hydrogens (tertiary/aromatic N) is 2. The SMILES string of the molecule is CC(=O)Nc1ccc(NC(=O)c2cc(C)nc(Nc3ccccc3F)n2)cc1. The van der Waals surface area contributed by atoms with Crippen molar-refractivity contribution in [3.8, 4) is 0 Å². The number of nitrogens with one attached hydrogen (secondary N) is 3. The Morgan fingerprint density at radius 1 is 0.929 bits per heavy atom. The molecule has 3 aromatic rings. The van der Waals surface area contributed by atoms with Crippen molar-refractivity contribution in [3.05, 3.63) is 71.8 Å². The Labute approximate surface area is 161 Å². The minimum Gasteiger partial charge on any atom is -0.326 e. The van der Waals surface area contributed by atoms with Gasteiger partial charge < -0.3 is 16.0 Å². The third-order valence-corrected chi connectivity index (χ3v) is 3.67. The molecular formula is C20H18FN5O2. The predicted octanol–water partition coefficient (Wildman–Crippen LogP) is 3.88. The van der Waals surface area contributed by atoms with Crippen molar-refractivity contribution in [2.45, 2.75) is 13.8 Å². The van der Waals surface area contributed by atoms with Gasteiger partial charge in [-0.15, -0.1) is 0 Å². The predicted molar refractivity (Wildman–Crippen MR) is 105 cm³/mol. The molecule has 0 saturated heterocycles. The Hall–Kier alpha value is -3.81. The summed E-state index contributed by atoms with van der Waals surface area (Å²) < 4.78 is 13.8. The third-order valence-electron chi connectivity index (χ3n) is 3.67. The molecule has 3 rings (SSSR count). The Kier molecular flexibility index (Phi) is 5.59. The molecule has 0 bridgehead atoms. The fraction of sp³-hybridized carbons (Fsp3) is 0.100. The Balaban J connectivity index is 1.75. The molecule has 0 aliphatic carbocycles. The van der Waals surface area contributed by atoms with E-state index in [0.29, 0.717) is 17.1 Å². The van der Waals surface area contributed by atoms with Crippen molar-refractivity contribution in [2.75, 3.05) is 16.0 Å². The van der Waals surface area contributed by atoms with Crippen LogP contribution < -0.4 is 16.0 Å². The zero-order valence-electron chi connectivity index (χ0n) is 15.3. The van der Waals surface area contributed by atoms with Crippen LogP contribution in [0.2, 0.25) is 0 Å². The molecule has 1 aromatic heterocycles. The van der Waals surface area contributed by atoms with Crippen molar-refractivity contribution in [3.63, 3.8) is 0 Å². The van der Waals surface area contributed by atoms with E-state index < -0.39 is 11.7 Å². The zero-order valence-corrected chi connectivity index (χ0v) is 15.3. The molecule has 0 atom stereocenters. The second-order valence-corrected chi connectivity index (χ2v) is 6.04. The maximum atomic E-state index is 13.8. The highest BCUT2D eigenvalue weighted by atomic mass is 19.1. The first-order chi connectivity index (χ1) is 13.4. The largest absolute Gasteiger partial charge is 0.326 e. The van der Waals surface area contributed by atoms with Gasteiger partial charge >= 0.3 is 0 Å². The van der Waals surface area contributed by atoms with E-state index in [1.807, 2.05) is 0 Å². The van der Waals surface area contributed by atoms with Gasteiger partial charge in [-0.2, -0.15) is 0 Å². The fourth-order valence-corrected chi connectivity index (χ4v) is 2.46. The summed E-state index contributed by atoms with van der Waals surface area (Å²) in [5.41, 5.74) is 2.07. The van der Waals surface area contributed by atoms with Crippen LogP contribution in [0.5, 0.6) is 0 Å². The van der Waals surface area contributed by atoms with Crippen molar-refractivity contribution >= 4 is 34.8 Å². The van der Waals surface area contributed by atoms with E-state index in [4.69, 9.17) is 0 Å². The minimum atomic E-state index is -0.446. The van der Waals surface area contributed by atoms with E-state index in [1.165, 1.54) is 19.1 Å². The molecule has 2 amide bonds. The van der Waals surface area contributed by atoms with Gasteiger partial charge in [0.25, 0.3) is 5.91 Å². The standard InChI is InChI=1S/C20H18FN5O2/c1-12-11-18(26-20(22-12)25-17-6-4-3-5-16(17)21)19(28)24-15-9-7-14(8-10-15)23-13(2)27/h3-11H,1-2H3,(H,23,27)(H,24,28)(H,22,25,26). The van der Waals surface area contributed by atoms with Gasteiger partial charge in [0.15, 0.2) is 0 Å². The van der Waals surface area contributed by atoms with Gasteiger partial charge in [-0.05, 0) is 49.4 Å². The number of carbonyl (C=O) groups is 2. The Bertz CT molecular complexity index is 1020. The van der Waals surface area contributed by atoms with E-state index in [1.54, 1.807) is 49.4 Å². The Morgan fingerprint density at radius 3 is 2.21 bits per heavy atom. The maximum Gasteiger partial charge on any atom is 0.274 e. The van der Waals surface area contributed by atoms with Crippen molar-refractivity contribution in [1.29, 1.82) is 0 Å². The number of carbonyl (C=O) groups excluding carboxylic acids is 2. The monoisotopic (exact) mass is 379 g/mol. The molecule has 28 heavy (non-hydrogen) atoms. The van der Waals surface area contributed by atoms with Crippen molar-refractivity contribution in [2.24, 2.45) is 0 Å². The average Bonchev–Trinajstić information content (AvgIpc) is 2.64. The lowest BCUT2D eigenvalue weighted by Crippen LogP contribution is -2.15. The number of hydrogen-bond acceptors (Lipinski definition) is 5. The van der Waals surface area contributed by atoms with Gasteiger partial charge in [0.2, 0.25) is 11.9 Å². The first-order valence-corrected chi connectivity index (χ1v) is 8.47. The molecule has 1 heterocycles. The van der Waals surface area contributed by atoms with E-state index in [9.17, 15) is 14.0 Å². The molecule has 0 radical (unpaired) electrons. The van der Waals surface area contributed by atoms with Crippen LogP contribution in [0.25, 0.3) is 0 Å². The Morgan fingerprint density at radius 2 is 1.57 bits per heavy atom. The van der Waals surface area contributed by atoms with Crippen molar-refractivity contribution < 1.29 is 14.0 Å². The molecule has 0 saturated carbocycles. The summed E-state index contributed by atoms with van der Waals surface area (Å²) in [6, 6.07) is 14.3. The van der Waals surface area contributed by atoms with Crippen LogP contribution in [0, 0.1) is 12.7 Å². The van der Waals surface area contributed by atoms with Crippen LogP contribution in [0.15, 0.2) is 54.6 Å².